The summed E-state index contributed by atoms with van der Waals surface area (Å²) in [5.41, 5.74) is 0.335. The highest BCUT2D eigenvalue weighted by Gasteiger charge is 2.29. The summed E-state index contributed by atoms with van der Waals surface area (Å²) in [6, 6.07) is 5.44. The van der Waals surface area contributed by atoms with Crippen molar-refractivity contribution < 1.29 is 13.2 Å². The van der Waals surface area contributed by atoms with Crippen LogP contribution in [0.15, 0.2) is 24.3 Å². The topological polar surface area (TPSA) is 3.24 Å². The second-order valence-electron chi connectivity index (χ2n) is 4.51. The lowest BCUT2D eigenvalue weighted by molar-refractivity contribution is -0.137. The van der Waals surface area contributed by atoms with Gasteiger partial charge in [-0.2, -0.15) is 13.2 Å². The van der Waals surface area contributed by atoms with Crippen LogP contribution in [0.1, 0.15) is 30.9 Å². The molecule has 1 nitrogen and oxygen atoms in total. The minimum Gasteiger partial charge on any atom is -0.298 e. The molecule has 0 spiro atoms. The average molecular weight is 338 g/mol. The predicted octanol–water partition coefficient (Wildman–Crippen LogP) is 4.70. The third-order valence-electron chi connectivity index (χ3n) is 2.92. The van der Waals surface area contributed by atoms with E-state index in [0.29, 0.717) is 6.54 Å². The van der Waals surface area contributed by atoms with Crippen molar-refractivity contribution in [3.05, 3.63) is 35.4 Å². The first-order valence-corrected chi connectivity index (χ1v) is 7.54. The Morgan fingerprint density at radius 2 is 1.74 bits per heavy atom. The summed E-state index contributed by atoms with van der Waals surface area (Å²) in [4.78, 5) is 2.25. The molecule has 1 aromatic rings. The van der Waals surface area contributed by atoms with Crippen molar-refractivity contribution in [1.82, 2.24) is 4.90 Å². The maximum absolute atomic E-state index is 12.5. The summed E-state index contributed by atoms with van der Waals surface area (Å²) in [6.07, 6.45) is -2.03. The van der Waals surface area contributed by atoms with Crippen LogP contribution in [0.3, 0.4) is 0 Å². The smallest absolute Gasteiger partial charge is 0.298 e. The molecule has 1 aromatic carbocycles. The largest absolute Gasteiger partial charge is 0.416 e. The van der Waals surface area contributed by atoms with Crippen LogP contribution in [-0.2, 0) is 12.7 Å². The van der Waals surface area contributed by atoms with E-state index in [1.54, 1.807) is 12.1 Å². The third kappa shape index (κ3) is 5.95. The first-order chi connectivity index (χ1) is 8.97. The van der Waals surface area contributed by atoms with Gasteiger partial charge in [-0.3, -0.25) is 4.90 Å². The van der Waals surface area contributed by atoms with Gasteiger partial charge in [0.1, 0.15) is 0 Å². The van der Waals surface area contributed by atoms with Gasteiger partial charge >= 0.3 is 6.18 Å². The fourth-order valence-electron chi connectivity index (χ4n) is 1.83. The fraction of sp³-hybridized carbons (Fsp3) is 0.571. The van der Waals surface area contributed by atoms with Gasteiger partial charge in [0.2, 0.25) is 0 Å². The van der Waals surface area contributed by atoms with Crippen LogP contribution in [-0.4, -0.2) is 23.3 Å². The number of hydrogen-bond acceptors (Lipinski definition) is 1. The second kappa shape index (κ2) is 7.90. The number of nitrogens with zero attached hydrogens (tertiary/aromatic N) is 1. The van der Waals surface area contributed by atoms with Gasteiger partial charge in [0.25, 0.3) is 0 Å². The quantitative estimate of drug-likeness (QED) is 0.651. The van der Waals surface area contributed by atoms with Gasteiger partial charge in [-0.05, 0) is 30.7 Å². The Morgan fingerprint density at radius 1 is 1.11 bits per heavy atom. The lowest BCUT2D eigenvalue weighted by Gasteiger charge is -2.21. The Balaban J connectivity index is 2.64. The number of rotatable bonds is 7. The van der Waals surface area contributed by atoms with Gasteiger partial charge in [0.05, 0.1) is 5.56 Å². The van der Waals surface area contributed by atoms with Crippen LogP contribution in [0, 0.1) is 0 Å². The Labute approximate surface area is 120 Å². The van der Waals surface area contributed by atoms with E-state index >= 15 is 0 Å². The van der Waals surface area contributed by atoms with Gasteiger partial charge in [-0.25, -0.2) is 0 Å². The van der Waals surface area contributed by atoms with Crippen molar-refractivity contribution >= 4 is 15.9 Å². The molecule has 0 unspecified atom stereocenters. The van der Waals surface area contributed by atoms with E-state index < -0.39 is 11.7 Å². The fourth-order valence-corrected chi connectivity index (χ4v) is 2.33. The molecule has 0 heterocycles. The highest BCUT2D eigenvalue weighted by Crippen LogP contribution is 2.29. The van der Waals surface area contributed by atoms with Crippen molar-refractivity contribution in [3.8, 4) is 0 Å². The molecule has 0 amide bonds. The van der Waals surface area contributed by atoms with Gasteiger partial charge in [0.15, 0.2) is 0 Å². The minimum atomic E-state index is -4.25. The van der Waals surface area contributed by atoms with Crippen molar-refractivity contribution in [2.45, 2.75) is 32.5 Å². The van der Waals surface area contributed by atoms with Crippen molar-refractivity contribution in [2.75, 3.05) is 18.4 Å². The molecule has 0 aliphatic heterocycles. The summed E-state index contributed by atoms with van der Waals surface area (Å²) in [5, 5.41) is 0.872. The zero-order valence-corrected chi connectivity index (χ0v) is 12.6. The molecule has 0 aliphatic rings. The molecule has 5 heteroatoms. The van der Waals surface area contributed by atoms with Crippen LogP contribution in [0.2, 0.25) is 0 Å². The van der Waals surface area contributed by atoms with Crippen LogP contribution in [0.5, 0.6) is 0 Å². The van der Waals surface area contributed by atoms with Gasteiger partial charge in [-0.15, -0.1) is 0 Å². The molecule has 0 bridgehead atoms. The molecule has 0 saturated heterocycles. The lowest BCUT2D eigenvalue weighted by atomic mass is 10.1. The van der Waals surface area contributed by atoms with Crippen LogP contribution < -0.4 is 0 Å². The van der Waals surface area contributed by atoms with Gasteiger partial charge < -0.3 is 0 Å². The molecule has 19 heavy (non-hydrogen) atoms. The monoisotopic (exact) mass is 337 g/mol. The minimum absolute atomic E-state index is 0.586. The first kappa shape index (κ1) is 16.5. The molecule has 0 aromatic heterocycles. The van der Waals surface area contributed by atoms with E-state index in [1.165, 1.54) is 0 Å². The number of unbranched alkanes of at least 4 members (excludes halogenated alkanes) is 1. The summed E-state index contributed by atoms with van der Waals surface area (Å²) in [7, 11) is 0. The number of halogens is 4. The second-order valence-corrected chi connectivity index (χ2v) is 5.31. The molecule has 1 rings (SSSR count). The van der Waals surface area contributed by atoms with E-state index in [2.05, 4.69) is 27.8 Å². The molecular weight excluding hydrogens is 319 g/mol. The maximum Gasteiger partial charge on any atom is 0.416 e. The molecule has 0 N–H and O–H groups in total. The predicted molar refractivity (Wildman–Crippen MR) is 75.4 cm³/mol. The standard InChI is InChI=1S/C14H19BrF3N/c1-2-3-9-19(10-8-15)11-12-4-6-13(7-5-12)14(16,17)18/h4-7H,2-3,8-11H2,1H3. The van der Waals surface area contributed by atoms with Crippen molar-refractivity contribution in [1.29, 1.82) is 0 Å². The summed E-state index contributed by atoms with van der Waals surface area (Å²) in [6.45, 7) is 4.71. The van der Waals surface area contributed by atoms with Gasteiger partial charge in [-0.1, -0.05) is 41.4 Å². The molecular formula is C14H19BrF3N. The normalized spacial score (nSPS) is 12.1. The molecule has 0 atom stereocenters. The van der Waals surface area contributed by atoms with Crippen LogP contribution in [0.4, 0.5) is 13.2 Å². The van der Waals surface area contributed by atoms with Crippen LogP contribution >= 0.6 is 15.9 Å². The highest BCUT2D eigenvalue weighted by atomic mass is 79.9. The van der Waals surface area contributed by atoms with E-state index in [-0.39, 0.29) is 0 Å². The zero-order valence-electron chi connectivity index (χ0n) is 11.0. The Morgan fingerprint density at radius 3 is 2.21 bits per heavy atom. The van der Waals surface area contributed by atoms with E-state index in [1.807, 2.05) is 0 Å². The van der Waals surface area contributed by atoms with Crippen molar-refractivity contribution in [2.24, 2.45) is 0 Å². The Hall–Kier alpha value is -0.550. The highest BCUT2D eigenvalue weighted by molar-refractivity contribution is 9.09. The number of hydrogen-bond donors (Lipinski definition) is 0. The molecule has 108 valence electrons. The molecule has 0 aliphatic carbocycles. The molecule has 0 saturated carbocycles. The third-order valence-corrected chi connectivity index (χ3v) is 3.27. The van der Waals surface area contributed by atoms with Crippen molar-refractivity contribution in [3.63, 3.8) is 0 Å². The maximum atomic E-state index is 12.5. The number of benzene rings is 1. The first-order valence-electron chi connectivity index (χ1n) is 6.41. The zero-order chi connectivity index (χ0) is 14.3. The molecule has 0 radical (unpaired) electrons. The number of alkyl halides is 4. The summed E-state index contributed by atoms with van der Waals surface area (Å²) >= 11 is 3.40. The summed E-state index contributed by atoms with van der Waals surface area (Å²) < 4.78 is 37.4. The van der Waals surface area contributed by atoms with E-state index in [0.717, 1.165) is 49.0 Å². The average Bonchev–Trinajstić information content (AvgIpc) is 2.36. The van der Waals surface area contributed by atoms with E-state index in [9.17, 15) is 13.2 Å². The Bertz CT molecular complexity index is 362. The summed E-state index contributed by atoms with van der Waals surface area (Å²) in [5.74, 6) is 0. The lowest BCUT2D eigenvalue weighted by Crippen LogP contribution is -2.26. The van der Waals surface area contributed by atoms with Gasteiger partial charge in [0, 0.05) is 18.4 Å². The SMILES string of the molecule is CCCCN(CCBr)Cc1ccc(C(F)(F)F)cc1. The van der Waals surface area contributed by atoms with E-state index in [4.69, 9.17) is 0 Å². The molecule has 0 fully saturated rings. The van der Waals surface area contributed by atoms with Crippen LogP contribution in [0.25, 0.3) is 0 Å². The Kier molecular flexibility index (Phi) is 6.86.